The van der Waals surface area contributed by atoms with Gasteiger partial charge in [0.25, 0.3) is 0 Å². The van der Waals surface area contributed by atoms with Crippen molar-refractivity contribution in [3.63, 3.8) is 0 Å². The molecule has 1 saturated carbocycles. The first-order valence-corrected chi connectivity index (χ1v) is 7.77. The van der Waals surface area contributed by atoms with Crippen molar-refractivity contribution >= 4 is 21.7 Å². The van der Waals surface area contributed by atoms with E-state index >= 15 is 0 Å². The summed E-state index contributed by atoms with van der Waals surface area (Å²) in [5.41, 5.74) is 6.67. The minimum Gasteiger partial charge on any atom is -0.383 e. The molecule has 1 aromatic heterocycles. The summed E-state index contributed by atoms with van der Waals surface area (Å²) in [4.78, 5) is 9.23. The van der Waals surface area contributed by atoms with E-state index in [9.17, 15) is 0 Å². The van der Waals surface area contributed by atoms with Crippen LogP contribution in [-0.4, -0.2) is 16.6 Å². The summed E-state index contributed by atoms with van der Waals surface area (Å²) in [5.74, 6) is 1.58. The average Bonchev–Trinajstić information content (AvgIpc) is 2.82. The molecule has 0 radical (unpaired) electrons. The van der Waals surface area contributed by atoms with Crippen molar-refractivity contribution in [3.05, 3.63) is 16.0 Å². The number of hydrogen-bond donors (Lipinski definition) is 1. The number of nitrogen functional groups attached to an aromatic ring is 1. The molecule has 1 heterocycles. The predicted octanol–water partition coefficient (Wildman–Crippen LogP) is 3.75. The fourth-order valence-corrected chi connectivity index (χ4v) is 3.36. The Morgan fingerprint density at radius 2 is 1.95 bits per heavy atom. The van der Waals surface area contributed by atoms with Crippen molar-refractivity contribution in [2.24, 2.45) is 0 Å². The van der Waals surface area contributed by atoms with E-state index in [0.717, 1.165) is 41.7 Å². The van der Waals surface area contributed by atoms with Crippen LogP contribution in [0.25, 0.3) is 0 Å². The fraction of sp³-hybridized carbons (Fsp3) is 0.714. The highest BCUT2D eigenvalue weighted by molar-refractivity contribution is 9.10. The molecule has 2 rings (SSSR count). The Morgan fingerprint density at radius 1 is 1.32 bits per heavy atom. The number of rotatable bonds is 4. The van der Waals surface area contributed by atoms with Crippen LogP contribution in [-0.2, 0) is 10.3 Å². The number of anilines is 1. The van der Waals surface area contributed by atoms with Crippen molar-refractivity contribution in [2.45, 2.75) is 58.0 Å². The van der Waals surface area contributed by atoms with Gasteiger partial charge in [-0.2, -0.15) is 0 Å². The van der Waals surface area contributed by atoms with Gasteiger partial charge in [0.2, 0.25) is 0 Å². The molecule has 0 spiro atoms. The molecule has 0 unspecified atom stereocenters. The van der Waals surface area contributed by atoms with Crippen molar-refractivity contribution in [1.82, 2.24) is 9.97 Å². The largest absolute Gasteiger partial charge is 0.383 e. The lowest BCUT2D eigenvalue weighted by Crippen LogP contribution is -2.30. The second-order valence-electron chi connectivity index (χ2n) is 5.42. The van der Waals surface area contributed by atoms with Crippen molar-refractivity contribution < 1.29 is 4.74 Å². The van der Waals surface area contributed by atoms with Crippen LogP contribution < -0.4 is 5.73 Å². The molecular weight excluding hydrogens is 306 g/mol. The van der Waals surface area contributed by atoms with Gasteiger partial charge in [0, 0.05) is 6.61 Å². The third kappa shape index (κ3) is 2.77. The molecule has 106 valence electrons. The molecule has 1 fully saturated rings. The van der Waals surface area contributed by atoms with Gasteiger partial charge in [-0.25, -0.2) is 9.97 Å². The highest BCUT2D eigenvalue weighted by atomic mass is 79.9. The second kappa shape index (κ2) is 5.75. The van der Waals surface area contributed by atoms with Gasteiger partial charge in [-0.05, 0) is 54.5 Å². The Balaban J connectivity index is 2.49. The third-order valence-electron chi connectivity index (χ3n) is 3.69. The van der Waals surface area contributed by atoms with E-state index in [1.807, 2.05) is 6.92 Å². The summed E-state index contributed by atoms with van der Waals surface area (Å²) in [6.07, 6.45) is 4.30. The molecule has 0 aliphatic heterocycles. The van der Waals surface area contributed by atoms with E-state index < -0.39 is 0 Å². The zero-order valence-electron chi connectivity index (χ0n) is 11.9. The van der Waals surface area contributed by atoms with Crippen molar-refractivity contribution in [3.8, 4) is 0 Å². The quantitative estimate of drug-likeness (QED) is 0.914. The molecule has 0 aromatic carbocycles. The normalized spacial score (nSPS) is 18.2. The lowest BCUT2D eigenvalue weighted by Gasteiger charge is -2.28. The number of aromatic nitrogens is 2. The maximum Gasteiger partial charge on any atom is 0.162 e. The van der Waals surface area contributed by atoms with Crippen LogP contribution >= 0.6 is 15.9 Å². The van der Waals surface area contributed by atoms with Crippen LogP contribution in [0, 0.1) is 0 Å². The van der Waals surface area contributed by atoms with E-state index in [4.69, 9.17) is 15.5 Å². The molecule has 0 amide bonds. The van der Waals surface area contributed by atoms with Crippen molar-refractivity contribution in [1.29, 1.82) is 0 Å². The molecule has 4 nitrogen and oxygen atoms in total. The van der Waals surface area contributed by atoms with E-state index in [-0.39, 0.29) is 5.60 Å². The summed E-state index contributed by atoms with van der Waals surface area (Å²) in [5, 5.41) is 0. The summed E-state index contributed by atoms with van der Waals surface area (Å²) >= 11 is 3.49. The zero-order valence-corrected chi connectivity index (χ0v) is 13.5. The maximum absolute atomic E-state index is 6.03. The second-order valence-corrected chi connectivity index (χ2v) is 6.21. The number of halogens is 1. The van der Waals surface area contributed by atoms with E-state index in [1.54, 1.807) is 0 Å². The Bertz CT molecular complexity index is 456. The Kier molecular flexibility index (Phi) is 4.46. The topological polar surface area (TPSA) is 61.0 Å². The molecule has 0 atom stereocenters. The molecule has 0 bridgehead atoms. The Morgan fingerprint density at radius 3 is 2.47 bits per heavy atom. The van der Waals surface area contributed by atoms with Gasteiger partial charge < -0.3 is 10.5 Å². The van der Waals surface area contributed by atoms with E-state index in [2.05, 4.69) is 34.8 Å². The van der Waals surface area contributed by atoms with Gasteiger partial charge >= 0.3 is 0 Å². The van der Waals surface area contributed by atoms with Gasteiger partial charge in [-0.3, -0.25) is 0 Å². The molecule has 1 aromatic rings. The molecular formula is C14H22BrN3O. The molecule has 0 saturated heterocycles. The fourth-order valence-electron chi connectivity index (χ4n) is 2.72. The highest BCUT2D eigenvalue weighted by Crippen LogP contribution is 2.42. The van der Waals surface area contributed by atoms with Gasteiger partial charge in [0.15, 0.2) is 5.82 Å². The lowest BCUT2D eigenvalue weighted by molar-refractivity contribution is -0.0457. The van der Waals surface area contributed by atoms with Gasteiger partial charge in [-0.15, -0.1) is 0 Å². The first kappa shape index (κ1) is 14.7. The SMILES string of the molecule is CCOC1(c2nc(N)c(Br)c(C(C)C)n2)CCCC1. The summed E-state index contributed by atoms with van der Waals surface area (Å²) in [6.45, 7) is 6.92. The first-order chi connectivity index (χ1) is 9.00. The molecule has 5 heteroatoms. The lowest BCUT2D eigenvalue weighted by atomic mass is 10.00. The Labute approximate surface area is 123 Å². The maximum atomic E-state index is 6.03. The number of hydrogen-bond acceptors (Lipinski definition) is 4. The summed E-state index contributed by atoms with van der Waals surface area (Å²) in [6, 6.07) is 0. The number of ether oxygens (including phenoxy) is 1. The minimum absolute atomic E-state index is 0.304. The van der Waals surface area contributed by atoms with Crippen LogP contribution in [0.1, 0.15) is 63.9 Å². The monoisotopic (exact) mass is 327 g/mol. The number of nitrogens with two attached hydrogens (primary N) is 1. The molecule has 19 heavy (non-hydrogen) atoms. The Hall–Kier alpha value is -0.680. The highest BCUT2D eigenvalue weighted by Gasteiger charge is 2.40. The van der Waals surface area contributed by atoms with Crippen LogP contribution in [0.4, 0.5) is 5.82 Å². The average molecular weight is 328 g/mol. The summed E-state index contributed by atoms with van der Waals surface area (Å²) in [7, 11) is 0. The van der Waals surface area contributed by atoms with Crippen LogP contribution in [0.2, 0.25) is 0 Å². The molecule has 2 N–H and O–H groups in total. The third-order valence-corrected chi connectivity index (χ3v) is 4.50. The molecule has 1 aliphatic carbocycles. The van der Waals surface area contributed by atoms with Gasteiger partial charge in [0.1, 0.15) is 11.4 Å². The smallest absolute Gasteiger partial charge is 0.162 e. The van der Waals surface area contributed by atoms with E-state index in [1.165, 1.54) is 0 Å². The summed E-state index contributed by atoms with van der Waals surface area (Å²) < 4.78 is 6.83. The molecule has 1 aliphatic rings. The minimum atomic E-state index is -0.326. The van der Waals surface area contributed by atoms with Crippen LogP contribution in [0.3, 0.4) is 0 Å². The van der Waals surface area contributed by atoms with Crippen LogP contribution in [0.15, 0.2) is 4.47 Å². The van der Waals surface area contributed by atoms with Crippen LogP contribution in [0.5, 0.6) is 0 Å². The zero-order chi connectivity index (χ0) is 14.0. The van der Waals surface area contributed by atoms with E-state index in [0.29, 0.717) is 18.3 Å². The van der Waals surface area contributed by atoms with Gasteiger partial charge in [0.05, 0.1) is 10.2 Å². The first-order valence-electron chi connectivity index (χ1n) is 6.97. The van der Waals surface area contributed by atoms with Crippen molar-refractivity contribution in [2.75, 3.05) is 12.3 Å². The number of nitrogens with zero attached hydrogens (tertiary/aromatic N) is 2. The predicted molar refractivity (Wildman–Crippen MR) is 80.0 cm³/mol. The standard InChI is InChI=1S/C14H22BrN3O/c1-4-19-14(7-5-6-8-14)13-17-11(9(2)3)10(15)12(16)18-13/h9H,4-8H2,1-3H3,(H2,16,17,18). The van der Waals surface area contributed by atoms with Gasteiger partial charge in [-0.1, -0.05) is 13.8 Å².